The second kappa shape index (κ2) is 10.5. The van der Waals surface area contributed by atoms with Crippen molar-refractivity contribution in [1.29, 1.82) is 0 Å². The summed E-state index contributed by atoms with van der Waals surface area (Å²) in [5.74, 6) is 0.701. The van der Waals surface area contributed by atoms with Crippen LogP contribution in [0.3, 0.4) is 0 Å². The Morgan fingerprint density at radius 1 is 1.13 bits per heavy atom. The Balaban J connectivity index is 1.67. The van der Waals surface area contributed by atoms with E-state index in [9.17, 15) is 9.59 Å². The quantitative estimate of drug-likeness (QED) is 0.621. The minimum atomic E-state index is -0.625. The van der Waals surface area contributed by atoms with Crippen molar-refractivity contribution < 1.29 is 23.8 Å². The normalized spacial score (nSPS) is 15.3. The van der Waals surface area contributed by atoms with Gasteiger partial charge in [0.05, 0.1) is 26.5 Å². The zero-order valence-corrected chi connectivity index (χ0v) is 18.0. The molecular weight excluding hydrogens is 398 g/mol. The fraction of sp³-hybridized carbons (Fsp3) is 0.348. The monoisotopic (exact) mass is 425 g/mol. The Bertz CT molecular complexity index is 945. The van der Waals surface area contributed by atoms with Crippen molar-refractivity contribution in [3.05, 3.63) is 54.1 Å². The van der Waals surface area contributed by atoms with Gasteiger partial charge in [0.15, 0.2) is 0 Å². The Hall–Kier alpha value is -3.55. The van der Waals surface area contributed by atoms with E-state index >= 15 is 0 Å². The average molecular weight is 425 g/mol. The molecule has 0 fully saturated rings. The lowest BCUT2D eigenvalue weighted by Crippen LogP contribution is -2.43. The van der Waals surface area contributed by atoms with Crippen LogP contribution in [0.4, 0.5) is 5.69 Å². The van der Waals surface area contributed by atoms with Gasteiger partial charge in [-0.25, -0.2) is 4.79 Å². The number of hydrogen-bond donors (Lipinski definition) is 1. The number of rotatable bonds is 9. The molecule has 1 aliphatic heterocycles. The SMILES string of the molecule is CCOC(=O)C1=NN(c2ccccc2)C(C(=O)NCCc2ccc(OC)cc2OC)C1. The molecule has 1 unspecified atom stereocenters. The number of ether oxygens (including phenoxy) is 3. The van der Waals surface area contributed by atoms with Gasteiger partial charge in [0.25, 0.3) is 0 Å². The van der Waals surface area contributed by atoms with Crippen molar-refractivity contribution in [2.45, 2.75) is 25.8 Å². The summed E-state index contributed by atoms with van der Waals surface area (Å²) in [5.41, 5.74) is 1.93. The maximum Gasteiger partial charge on any atom is 0.354 e. The molecule has 3 rings (SSSR count). The number of hydrogen-bond acceptors (Lipinski definition) is 7. The van der Waals surface area contributed by atoms with Crippen LogP contribution in [0, 0.1) is 0 Å². The van der Waals surface area contributed by atoms with E-state index in [2.05, 4.69) is 10.4 Å². The van der Waals surface area contributed by atoms with Crippen molar-refractivity contribution >= 4 is 23.3 Å². The first-order valence-electron chi connectivity index (χ1n) is 10.1. The molecule has 1 heterocycles. The second-order valence-electron chi connectivity index (χ2n) is 6.89. The van der Waals surface area contributed by atoms with Gasteiger partial charge in [0.1, 0.15) is 23.3 Å². The van der Waals surface area contributed by atoms with Gasteiger partial charge >= 0.3 is 5.97 Å². The second-order valence-corrected chi connectivity index (χ2v) is 6.89. The van der Waals surface area contributed by atoms with E-state index in [4.69, 9.17) is 14.2 Å². The molecule has 0 aromatic heterocycles. The van der Waals surface area contributed by atoms with Gasteiger partial charge < -0.3 is 19.5 Å². The fourth-order valence-corrected chi connectivity index (χ4v) is 3.37. The van der Waals surface area contributed by atoms with Crippen LogP contribution in [0.15, 0.2) is 53.6 Å². The third-order valence-corrected chi connectivity index (χ3v) is 4.93. The summed E-state index contributed by atoms with van der Waals surface area (Å²) in [6, 6.07) is 14.2. The van der Waals surface area contributed by atoms with Crippen LogP contribution in [0.2, 0.25) is 0 Å². The number of nitrogens with zero attached hydrogens (tertiary/aromatic N) is 2. The molecule has 8 heteroatoms. The molecule has 1 atom stereocenters. The predicted octanol–water partition coefficient (Wildman–Crippen LogP) is 2.56. The van der Waals surface area contributed by atoms with Gasteiger partial charge in [-0.2, -0.15) is 5.10 Å². The number of anilines is 1. The first-order valence-corrected chi connectivity index (χ1v) is 10.1. The summed E-state index contributed by atoms with van der Waals surface area (Å²) in [5, 5.41) is 8.90. The van der Waals surface area contributed by atoms with E-state index in [-0.39, 0.29) is 24.6 Å². The number of hydrazone groups is 1. The Morgan fingerprint density at radius 3 is 2.58 bits per heavy atom. The molecule has 1 amide bonds. The lowest BCUT2D eigenvalue weighted by molar-refractivity contribution is -0.135. The van der Waals surface area contributed by atoms with Crippen molar-refractivity contribution in [3.8, 4) is 11.5 Å². The van der Waals surface area contributed by atoms with Gasteiger partial charge in [0.2, 0.25) is 5.91 Å². The number of nitrogens with one attached hydrogen (secondary N) is 1. The molecule has 2 aromatic carbocycles. The third kappa shape index (κ3) is 5.33. The van der Waals surface area contributed by atoms with E-state index in [0.29, 0.717) is 24.5 Å². The first kappa shape index (κ1) is 22.1. The van der Waals surface area contributed by atoms with E-state index in [1.165, 1.54) is 0 Å². The highest BCUT2D eigenvalue weighted by Crippen LogP contribution is 2.26. The number of esters is 1. The third-order valence-electron chi connectivity index (χ3n) is 4.93. The number of carbonyl (C=O) groups excluding carboxylic acids is 2. The number of carbonyl (C=O) groups is 2. The molecule has 2 aromatic rings. The van der Waals surface area contributed by atoms with Crippen molar-refractivity contribution in [2.24, 2.45) is 5.10 Å². The fourth-order valence-electron chi connectivity index (χ4n) is 3.37. The predicted molar refractivity (Wildman–Crippen MR) is 118 cm³/mol. The highest BCUT2D eigenvalue weighted by molar-refractivity contribution is 6.38. The van der Waals surface area contributed by atoms with Crippen LogP contribution in [-0.2, 0) is 20.7 Å². The molecule has 0 aliphatic carbocycles. The van der Waals surface area contributed by atoms with Crippen molar-refractivity contribution in [2.75, 3.05) is 32.4 Å². The molecule has 31 heavy (non-hydrogen) atoms. The van der Waals surface area contributed by atoms with Crippen LogP contribution >= 0.6 is 0 Å². The summed E-state index contributed by atoms with van der Waals surface area (Å²) in [4.78, 5) is 25.1. The number of methoxy groups -OCH3 is 2. The largest absolute Gasteiger partial charge is 0.497 e. The van der Waals surface area contributed by atoms with Gasteiger partial charge in [-0.1, -0.05) is 24.3 Å². The van der Waals surface area contributed by atoms with Gasteiger partial charge in [-0.05, 0) is 37.1 Å². The lowest BCUT2D eigenvalue weighted by Gasteiger charge is -2.22. The number of benzene rings is 2. The van der Waals surface area contributed by atoms with Crippen LogP contribution in [-0.4, -0.2) is 51.0 Å². The van der Waals surface area contributed by atoms with E-state index in [1.54, 1.807) is 26.2 Å². The van der Waals surface area contributed by atoms with E-state index in [0.717, 1.165) is 11.3 Å². The minimum absolute atomic E-state index is 0.186. The Labute approximate surface area is 181 Å². The van der Waals surface area contributed by atoms with Crippen LogP contribution in [0.25, 0.3) is 0 Å². The summed E-state index contributed by atoms with van der Waals surface area (Å²) < 4.78 is 15.7. The molecule has 0 radical (unpaired) electrons. The van der Waals surface area contributed by atoms with Crippen molar-refractivity contribution in [3.63, 3.8) is 0 Å². The zero-order valence-electron chi connectivity index (χ0n) is 18.0. The molecule has 164 valence electrons. The molecule has 0 saturated carbocycles. The standard InChI is InChI=1S/C23H27N3O5/c1-4-31-23(28)19-15-20(26(25-19)17-8-6-5-7-9-17)22(27)24-13-12-16-10-11-18(29-2)14-21(16)30-3/h5-11,14,20H,4,12-13,15H2,1-3H3,(H,24,27). The number of amides is 1. The Morgan fingerprint density at radius 2 is 1.90 bits per heavy atom. The molecule has 0 saturated heterocycles. The zero-order chi connectivity index (χ0) is 22.2. The topological polar surface area (TPSA) is 89.5 Å². The molecule has 8 nitrogen and oxygen atoms in total. The van der Waals surface area contributed by atoms with Crippen LogP contribution < -0.4 is 19.8 Å². The molecule has 1 N–H and O–H groups in total. The number of para-hydroxylation sites is 1. The summed E-state index contributed by atoms with van der Waals surface area (Å²) in [6.45, 7) is 2.40. The van der Waals surface area contributed by atoms with Crippen molar-refractivity contribution in [1.82, 2.24) is 5.32 Å². The maximum atomic E-state index is 13.0. The molecule has 1 aliphatic rings. The lowest BCUT2D eigenvalue weighted by atomic mass is 10.1. The highest BCUT2D eigenvalue weighted by Gasteiger charge is 2.36. The smallest absolute Gasteiger partial charge is 0.354 e. The summed E-state index contributed by atoms with van der Waals surface area (Å²) in [6.07, 6.45) is 0.772. The molecule has 0 bridgehead atoms. The van der Waals surface area contributed by atoms with Crippen LogP contribution in [0.1, 0.15) is 18.9 Å². The molecular formula is C23H27N3O5. The van der Waals surface area contributed by atoms with Gasteiger partial charge in [-0.3, -0.25) is 9.80 Å². The van der Waals surface area contributed by atoms with Gasteiger partial charge in [-0.15, -0.1) is 0 Å². The molecule has 0 spiro atoms. The van der Waals surface area contributed by atoms with E-state index < -0.39 is 12.0 Å². The van der Waals surface area contributed by atoms with E-state index in [1.807, 2.05) is 48.5 Å². The summed E-state index contributed by atoms with van der Waals surface area (Å²) >= 11 is 0. The highest BCUT2D eigenvalue weighted by atomic mass is 16.5. The average Bonchev–Trinajstić information content (AvgIpc) is 3.26. The summed E-state index contributed by atoms with van der Waals surface area (Å²) in [7, 11) is 3.20. The minimum Gasteiger partial charge on any atom is -0.497 e. The first-order chi connectivity index (χ1) is 15.1. The maximum absolute atomic E-state index is 13.0. The van der Waals surface area contributed by atoms with Crippen LogP contribution in [0.5, 0.6) is 11.5 Å². The Kier molecular flexibility index (Phi) is 7.48. The van der Waals surface area contributed by atoms with Gasteiger partial charge in [0, 0.05) is 19.0 Å².